The summed E-state index contributed by atoms with van der Waals surface area (Å²) >= 11 is 0. The van der Waals surface area contributed by atoms with Crippen molar-refractivity contribution in [2.24, 2.45) is 0 Å². The van der Waals surface area contributed by atoms with Crippen LogP contribution < -0.4 is 0 Å². The summed E-state index contributed by atoms with van der Waals surface area (Å²) in [7, 11) is 0. The van der Waals surface area contributed by atoms with Gasteiger partial charge in [-0.3, -0.25) is 9.59 Å². The predicted molar refractivity (Wildman–Crippen MR) is 36.6 cm³/mol. The van der Waals surface area contributed by atoms with Gasteiger partial charge in [0, 0.05) is 6.42 Å². The molecular weight excluding hydrogens is 148 g/mol. The third kappa shape index (κ3) is 4.97. The maximum Gasteiger partial charge on any atom is 0.307 e. The number of rotatable bonds is 5. The van der Waals surface area contributed by atoms with Crippen LogP contribution in [0, 0.1) is 12.3 Å². The van der Waals surface area contributed by atoms with Gasteiger partial charge >= 0.3 is 5.97 Å². The molecule has 0 aromatic heterocycles. The first-order valence-electron chi connectivity index (χ1n) is 2.95. The Balaban J connectivity index is 3.79. The second-order valence-corrected chi connectivity index (χ2v) is 1.86. The lowest BCUT2D eigenvalue weighted by atomic mass is 10.2. The van der Waals surface area contributed by atoms with E-state index in [4.69, 9.17) is 11.5 Å². The van der Waals surface area contributed by atoms with Gasteiger partial charge in [0.25, 0.3) is 6.47 Å². The Morgan fingerprint density at radius 3 is 2.82 bits per heavy atom. The van der Waals surface area contributed by atoms with Gasteiger partial charge in [-0.2, -0.15) is 0 Å². The molecule has 0 bridgehead atoms. The first-order chi connectivity index (χ1) is 5.20. The van der Waals surface area contributed by atoms with Gasteiger partial charge in [0.2, 0.25) is 0 Å². The van der Waals surface area contributed by atoms with Crippen LogP contribution in [0.5, 0.6) is 0 Å². The van der Waals surface area contributed by atoms with E-state index < -0.39 is 12.1 Å². The van der Waals surface area contributed by atoms with Crippen LogP contribution in [0.3, 0.4) is 0 Å². The van der Waals surface area contributed by atoms with Crippen LogP contribution in [0.15, 0.2) is 0 Å². The summed E-state index contributed by atoms with van der Waals surface area (Å²) in [6.07, 6.45) is 4.08. The third-order valence-corrected chi connectivity index (χ3v) is 0.996. The molecule has 0 saturated heterocycles. The number of terminal acetylenes is 1. The molecule has 1 N–H and O–H groups in total. The molecule has 0 aliphatic carbocycles. The number of carboxylic acids is 1. The van der Waals surface area contributed by atoms with E-state index >= 15 is 0 Å². The summed E-state index contributed by atoms with van der Waals surface area (Å²) in [5.74, 6) is 1.18. The number of hydrogen-bond acceptors (Lipinski definition) is 3. The molecule has 4 heteroatoms. The van der Waals surface area contributed by atoms with Crippen LogP contribution in [0.25, 0.3) is 0 Å². The maximum absolute atomic E-state index is 10.1. The molecule has 0 heterocycles. The Hall–Kier alpha value is -1.50. The monoisotopic (exact) mass is 156 g/mol. The van der Waals surface area contributed by atoms with Crippen molar-refractivity contribution in [2.75, 3.05) is 0 Å². The summed E-state index contributed by atoms with van der Waals surface area (Å²) in [4.78, 5) is 19.9. The van der Waals surface area contributed by atoms with E-state index in [1.165, 1.54) is 0 Å². The van der Waals surface area contributed by atoms with Gasteiger partial charge < -0.3 is 9.84 Å². The molecule has 0 radical (unpaired) electrons. The number of aliphatic carboxylic acids is 1. The standard InChI is InChI=1S/C7H8O4/c1-2-3-6(11-5-8)4-7(9)10/h1,5-6H,3-4H2,(H,9,10). The molecule has 11 heavy (non-hydrogen) atoms. The first kappa shape index (κ1) is 9.50. The molecule has 0 aromatic rings. The largest absolute Gasteiger partial charge is 0.481 e. The van der Waals surface area contributed by atoms with Crippen molar-refractivity contribution in [2.45, 2.75) is 18.9 Å². The molecule has 60 valence electrons. The van der Waals surface area contributed by atoms with Gasteiger partial charge in [-0.1, -0.05) is 0 Å². The second kappa shape index (κ2) is 5.30. The van der Waals surface area contributed by atoms with Gasteiger partial charge in [-0.15, -0.1) is 12.3 Å². The highest BCUT2D eigenvalue weighted by Gasteiger charge is 2.11. The number of ether oxygens (including phenoxy) is 1. The number of hydrogen-bond donors (Lipinski definition) is 1. The normalized spacial score (nSPS) is 11.2. The van der Waals surface area contributed by atoms with Crippen molar-refractivity contribution in [3.05, 3.63) is 0 Å². The summed E-state index contributed by atoms with van der Waals surface area (Å²) in [6.45, 7) is 0.199. The van der Waals surface area contributed by atoms with Crippen LogP contribution in [0.4, 0.5) is 0 Å². The molecular formula is C7H8O4. The molecule has 0 fully saturated rings. The highest BCUT2D eigenvalue weighted by molar-refractivity contribution is 5.67. The highest BCUT2D eigenvalue weighted by Crippen LogP contribution is 2.01. The second-order valence-electron chi connectivity index (χ2n) is 1.86. The SMILES string of the molecule is C#CCC(CC(=O)O)OC=O. The predicted octanol–water partition coefficient (Wildman–Crippen LogP) is 0.0260. The van der Waals surface area contributed by atoms with Gasteiger partial charge in [0.1, 0.15) is 6.10 Å². The van der Waals surface area contributed by atoms with E-state index in [0.29, 0.717) is 0 Å². The first-order valence-corrected chi connectivity index (χ1v) is 2.95. The van der Waals surface area contributed by atoms with E-state index in [-0.39, 0.29) is 19.3 Å². The lowest BCUT2D eigenvalue weighted by Gasteiger charge is -2.07. The molecule has 0 aliphatic rings. The van der Waals surface area contributed by atoms with E-state index in [1.54, 1.807) is 0 Å². The number of carbonyl (C=O) groups excluding carboxylic acids is 1. The van der Waals surface area contributed by atoms with Crippen molar-refractivity contribution in [1.82, 2.24) is 0 Å². The third-order valence-electron chi connectivity index (χ3n) is 0.996. The topological polar surface area (TPSA) is 63.6 Å². The van der Waals surface area contributed by atoms with E-state index in [1.807, 2.05) is 0 Å². The van der Waals surface area contributed by atoms with E-state index in [0.717, 1.165) is 0 Å². The van der Waals surface area contributed by atoms with Gasteiger partial charge in [-0.25, -0.2) is 0 Å². The van der Waals surface area contributed by atoms with Crippen LogP contribution in [0.1, 0.15) is 12.8 Å². The molecule has 0 spiro atoms. The van der Waals surface area contributed by atoms with Crippen LogP contribution in [0.2, 0.25) is 0 Å². The molecule has 0 rings (SSSR count). The molecule has 0 saturated carbocycles. The average Bonchev–Trinajstić information content (AvgIpc) is 1.87. The minimum absolute atomic E-state index is 0.130. The van der Waals surface area contributed by atoms with E-state index in [2.05, 4.69) is 10.7 Å². The number of carbonyl (C=O) groups is 2. The van der Waals surface area contributed by atoms with E-state index in [9.17, 15) is 9.59 Å². The Labute approximate surface area is 64.2 Å². The average molecular weight is 156 g/mol. The molecule has 0 aromatic carbocycles. The minimum atomic E-state index is -1.04. The minimum Gasteiger partial charge on any atom is -0.481 e. The molecule has 1 unspecified atom stereocenters. The zero-order valence-electron chi connectivity index (χ0n) is 5.82. The summed E-state index contributed by atoms with van der Waals surface area (Å²) < 4.78 is 4.39. The van der Waals surface area contributed by atoms with Crippen LogP contribution in [-0.4, -0.2) is 23.7 Å². The summed E-state index contributed by atoms with van der Waals surface area (Å²) in [5.41, 5.74) is 0. The molecule has 1 atom stereocenters. The smallest absolute Gasteiger partial charge is 0.307 e. The van der Waals surface area contributed by atoms with Crippen molar-refractivity contribution in [3.8, 4) is 12.3 Å². The van der Waals surface area contributed by atoms with Gasteiger partial charge in [0.05, 0.1) is 6.42 Å². The lowest BCUT2D eigenvalue weighted by molar-refractivity contribution is -0.143. The molecule has 0 amide bonds. The molecule has 0 aliphatic heterocycles. The Morgan fingerprint density at radius 2 is 2.45 bits per heavy atom. The highest BCUT2D eigenvalue weighted by atomic mass is 16.5. The fourth-order valence-electron chi connectivity index (χ4n) is 0.573. The van der Waals surface area contributed by atoms with Crippen LogP contribution in [-0.2, 0) is 14.3 Å². The van der Waals surface area contributed by atoms with Crippen molar-refractivity contribution >= 4 is 12.4 Å². The van der Waals surface area contributed by atoms with Crippen LogP contribution >= 0.6 is 0 Å². The van der Waals surface area contributed by atoms with Gasteiger partial charge in [-0.05, 0) is 0 Å². The van der Waals surface area contributed by atoms with Crippen molar-refractivity contribution in [1.29, 1.82) is 0 Å². The Morgan fingerprint density at radius 1 is 1.82 bits per heavy atom. The zero-order valence-corrected chi connectivity index (χ0v) is 5.82. The van der Waals surface area contributed by atoms with Crippen molar-refractivity contribution < 1.29 is 19.4 Å². The summed E-state index contributed by atoms with van der Waals surface area (Å²) in [5, 5.41) is 8.27. The fraction of sp³-hybridized carbons (Fsp3) is 0.429. The van der Waals surface area contributed by atoms with Gasteiger partial charge in [0.15, 0.2) is 0 Å². The van der Waals surface area contributed by atoms with Crippen molar-refractivity contribution in [3.63, 3.8) is 0 Å². The number of carboxylic acid groups (broad SMARTS) is 1. The fourth-order valence-corrected chi connectivity index (χ4v) is 0.573. The quantitative estimate of drug-likeness (QED) is 0.450. The Kier molecular flexibility index (Phi) is 4.58. The zero-order chi connectivity index (χ0) is 8.69. The maximum atomic E-state index is 10.1. The summed E-state index contributed by atoms with van der Waals surface area (Å²) in [6, 6.07) is 0. The lowest BCUT2D eigenvalue weighted by Crippen LogP contribution is -2.16. The molecule has 4 nitrogen and oxygen atoms in total. The Bertz CT molecular complexity index is 179.